The first kappa shape index (κ1) is 132. The zero-order valence-electron chi connectivity index (χ0n) is 97.5. The molecule has 7 rings (SSSR count). The topological polar surface area (TPSA) is 30.1 Å². The number of benzene rings is 5. The molecule has 0 radical (unpaired) electrons. The Morgan fingerprint density at radius 2 is 0.441 bits per heavy atom. The Kier molecular flexibility index (Phi) is 56.0. The summed E-state index contributed by atoms with van der Waals surface area (Å²) in [6.07, 6.45) is 36.4. The van der Waals surface area contributed by atoms with E-state index in [2.05, 4.69) is 440 Å². The van der Waals surface area contributed by atoms with Crippen molar-refractivity contribution in [1.82, 2.24) is 9.97 Å². The smallest absolute Gasteiger partial charge is 0.191 e. The summed E-state index contributed by atoms with van der Waals surface area (Å²) < 4.78 is 14.8. The van der Waals surface area contributed by atoms with Gasteiger partial charge in [-0.15, -0.1) is 0 Å². The molecule has 0 saturated heterocycles. The molecular formula is C132H224FN3. The van der Waals surface area contributed by atoms with Gasteiger partial charge in [-0.05, 0) is 387 Å². The SMILES string of the molecule is C.C.CCC(C)(CC)c1cc(C)c(C(C)(CC)CC)c(C)c1.CCC(C)(CC)c1cc(C)c(C(C)(CC)CC)c(F)c1.CCC(C)(CC)c1cc(C)c(C(C)(CC)CC)cn1.CCC(C)(CC)c1ccc(C(C)(CC)CC)c(C)c1.CCC(C)(CC)c1ccc(C(C)(CC)CC)cc1.CCC(C)(CC)c1ccc(C(C)(CC)CC)nc1.[C-]#[N+]c1cc(C(C)(CC)CC)ccc1C(C)(CC)CC. The minimum atomic E-state index is -0.0540. The summed E-state index contributed by atoms with van der Waals surface area (Å²) in [4.78, 5) is 13.4. The molecule has 0 unspecified atom stereocenters. The van der Waals surface area contributed by atoms with Crippen molar-refractivity contribution in [2.45, 2.75) is 596 Å². The summed E-state index contributed by atoms with van der Waals surface area (Å²) in [5, 5.41) is 0. The van der Waals surface area contributed by atoms with Gasteiger partial charge in [-0.1, -0.05) is 396 Å². The summed E-state index contributed by atoms with van der Waals surface area (Å²) in [5.41, 5.74) is 30.2. The van der Waals surface area contributed by atoms with Gasteiger partial charge in [0.15, 0.2) is 5.69 Å². The molecule has 0 aliphatic rings. The highest BCUT2D eigenvalue weighted by molar-refractivity contribution is 5.59. The predicted molar refractivity (Wildman–Crippen MR) is 615 cm³/mol. The molecule has 774 valence electrons. The molecule has 3 nitrogen and oxygen atoms in total. The fraction of sp³-hybridized carbons (Fsp3) is 0.689. The zero-order valence-corrected chi connectivity index (χ0v) is 97.5. The number of aromatic nitrogens is 2. The van der Waals surface area contributed by atoms with E-state index in [0.29, 0.717) is 32.5 Å². The fourth-order valence-electron chi connectivity index (χ4n) is 20.2. The van der Waals surface area contributed by atoms with E-state index in [-0.39, 0.29) is 64.0 Å². The van der Waals surface area contributed by atoms with Crippen molar-refractivity contribution in [3.05, 3.63) is 239 Å². The molecule has 136 heavy (non-hydrogen) atoms. The summed E-state index contributed by atoms with van der Waals surface area (Å²) in [7, 11) is 0. The molecule has 2 heterocycles. The van der Waals surface area contributed by atoms with E-state index < -0.39 is 0 Å². The maximum atomic E-state index is 14.8. The first-order valence-electron chi connectivity index (χ1n) is 55.2. The predicted octanol–water partition coefficient (Wildman–Crippen LogP) is 43.2. The van der Waals surface area contributed by atoms with Crippen LogP contribution in [-0.4, -0.2) is 9.97 Å². The monoisotopic (exact) mass is 1870 g/mol. The Morgan fingerprint density at radius 3 is 0.735 bits per heavy atom. The second kappa shape index (κ2) is 57.8. The highest BCUT2D eigenvalue weighted by atomic mass is 19.1. The lowest BCUT2D eigenvalue weighted by Gasteiger charge is -2.34. The average molecular weight is 1870 g/mol. The van der Waals surface area contributed by atoms with Crippen molar-refractivity contribution in [1.29, 1.82) is 0 Å². The van der Waals surface area contributed by atoms with Crippen LogP contribution in [0.5, 0.6) is 0 Å². The van der Waals surface area contributed by atoms with E-state index in [4.69, 9.17) is 16.5 Å². The van der Waals surface area contributed by atoms with Crippen molar-refractivity contribution >= 4 is 5.69 Å². The number of hydrogen-bond acceptors (Lipinski definition) is 2. The quantitative estimate of drug-likeness (QED) is 0.0357. The Bertz CT molecular complexity index is 4180. The first-order chi connectivity index (χ1) is 62.6. The molecule has 0 fully saturated rings. The third-order valence-corrected chi connectivity index (χ3v) is 39.0. The Labute approximate surface area is 849 Å². The summed E-state index contributed by atoms with van der Waals surface area (Å²) in [5.74, 6) is -0.0145. The Hall–Kier alpha value is -6.18. The lowest BCUT2D eigenvalue weighted by atomic mass is 9.70. The molecule has 4 heteroatoms. The molecule has 0 N–H and O–H groups in total. The maximum Gasteiger partial charge on any atom is 0.191 e. The molecule has 7 aromatic rings. The molecule has 0 amide bonds. The van der Waals surface area contributed by atoms with Gasteiger partial charge < -0.3 is 0 Å². The molecule has 0 spiro atoms. The van der Waals surface area contributed by atoms with E-state index >= 15 is 0 Å². The van der Waals surface area contributed by atoms with Gasteiger partial charge in [-0.25, -0.2) is 9.24 Å². The Morgan fingerprint density at radius 1 is 0.213 bits per heavy atom. The van der Waals surface area contributed by atoms with Crippen molar-refractivity contribution in [2.24, 2.45) is 0 Å². The number of hydrogen-bond donors (Lipinski definition) is 0. The minimum Gasteiger partial charge on any atom is -0.260 e. The number of nitrogens with zero attached hydrogens (tertiary/aromatic N) is 3. The number of pyridine rings is 2. The standard InChI is InChI=1S/C20H34.C19H31F.C19H29N.C19H32.C18H31N.C18H30.C17H29N.2CH4/c1-9-19(7,10-2)17-13-15(5)18(16(6)14-17)20(8,11-3)12-4;1-8-18(6,9-2)15-12-14(5)17(16(20)13-15)19(7,10-3)11-4;1-8-18(5,9-2)15-12-13-16(17(14-15)20-7)19(6,10-3)11-4;1-8-18(6,9-2)16-12-13-17(15(5)14-16)19(7,10-3)11-4;1-8-17(6,9-2)15-13-19-16(12-14(15)5)18(7,10-3)11-4;1-7-17(5,8-2)15-11-13-16(14-12-15)18(6,9-3)10-4;1-7-16(5,8-2)14-11-12-15(18-13-14)17(6,9-3)10-4;;/h13-14H,9-12H2,1-8H3;12-13H,8-11H2,1-7H3;12-14H,8-11H2,1-6H3;12-14H,8-11H2,1-7H3;12-13H,8-11H2,1-7H3;11-14H,7-10H2,1-6H3;11-13H,7-10H2,1-6H3;2*1H4. The molecule has 0 bridgehead atoms. The van der Waals surface area contributed by atoms with Crippen molar-refractivity contribution in [3.8, 4) is 0 Å². The van der Waals surface area contributed by atoms with Crippen LogP contribution in [0.4, 0.5) is 10.1 Å². The third kappa shape index (κ3) is 31.7. The third-order valence-electron chi connectivity index (χ3n) is 39.0. The molecule has 0 aliphatic heterocycles. The molecule has 5 aromatic carbocycles. The molecule has 2 aromatic heterocycles. The van der Waals surface area contributed by atoms with Crippen LogP contribution in [0.2, 0.25) is 0 Å². The van der Waals surface area contributed by atoms with Crippen LogP contribution in [0.25, 0.3) is 4.85 Å². The Balaban J connectivity index is 0. The van der Waals surface area contributed by atoms with Crippen LogP contribution in [0.3, 0.4) is 0 Å². The van der Waals surface area contributed by atoms with Crippen LogP contribution < -0.4 is 0 Å². The first-order valence-corrected chi connectivity index (χ1v) is 55.2. The van der Waals surface area contributed by atoms with Gasteiger partial charge in [-0.3, -0.25) is 9.97 Å². The lowest BCUT2D eigenvalue weighted by molar-refractivity contribution is 0.405. The molecule has 0 saturated carbocycles. The summed E-state index contributed by atoms with van der Waals surface area (Å²) in [6.45, 7) is 115. The van der Waals surface area contributed by atoms with E-state index in [0.717, 1.165) is 99.4 Å². The summed E-state index contributed by atoms with van der Waals surface area (Å²) >= 11 is 0. The van der Waals surface area contributed by atoms with E-state index in [1.54, 1.807) is 11.6 Å². The molecule has 0 aliphatic carbocycles. The van der Waals surface area contributed by atoms with Crippen LogP contribution in [-0.2, 0) is 75.8 Å². The fourth-order valence-corrected chi connectivity index (χ4v) is 20.2. The van der Waals surface area contributed by atoms with Crippen LogP contribution in [0, 0.1) is 47.0 Å². The van der Waals surface area contributed by atoms with Gasteiger partial charge in [0, 0.05) is 34.6 Å². The average Bonchev–Trinajstić information content (AvgIpc) is 0.771. The number of rotatable bonds is 42. The minimum absolute atomic E-state index is 0. The van der Waals surface area contributed by atoms with E-state index in [1.807, 2.05) is 0 Å². The number of aryl methyl sites for hydroxylation is 5. The van der Waals surface area contributed by atoms with Gasteiger partial charge in [0.2, 0.25) is 0 Å². The van der Waals surface area contributed by atoms with Gasteiger partial charge >= 0.3 is 0 Å². The molecular weight excluding hydrogens is 1650 g/mol. The van der Waals surface area contributed by atoms with Gasteiger partial charge in [0.1, 0.15) is 5.82 Å². The van der Waals surface area contributed by atoms with E-state index in [9.17, 15) is 4.39 Å². The maximum absolute atomic E-state index is 14.8. The number of halogens is 1. The largest absolute Gasteiger partial charge is 0.260 e. The highest BCUT2D eigenvalue weighted by Crippen LogP contribution is 2.47. The second-order valence-electron chi connectivity index (χ2n) is 45.2. The van der Waals surface area contributed by atoms with Gasteiger partial charge in [-0.2, -0.15) is 0 Å². The van der Waals surface area contributed by atoms with Crippen molar-refractivity contribution < 1.29 is 4.39 Å². The lowest BCUT2D eigenvalue weighted by Crippen LogP contribution is -2.25. The van der Waals surface area contributed by atoms with Crippen LogP contribution in [0.1, 0.15) is 591 Å². The second-order valence-corrected chi connectivity index (χ2v) is 45.2. The van der Waals surface area contributed by atoms with Crippen LogP contribution >= 0.6 is 0 Å². The zero-order chi connectivity index (χ0) is 103. The van der Waals surface area contributed by atoms with Gasteiger partial charge in [0.05, 0.1) is 6.57 Å². The van der Waals surface area contributed by atoms with Gasteiger partial charge in [0.25, 0.3) is 0 Å². The molecule has 0 atom stereocenters. The highest BCUT2D eigenvalue weighted by Gasteiger charge is 2.37. The van der Waals surface area contributed by atoms with Crippen LogP contribution in [0.15, 0.2) is 116 Å². The normalized spacial score (nSPS) is 12.5. The van der Waals surface area contributed by atoms with Crippen molar-refractivity contribution in [3.63, 3.8) is 0 Å². The van der Waals surface area contributed by atoms with Crippen molar-refractivity contribution in [2.75, 3.05) is 0 Å². The summed E-state index contributed by atoms with van der Waals surface area (Å²) in [6, 6.07) is 39.0. The van der Waals surface area contributed by atoms with E-state index in [1.165, 1.54) is 186 Å².